The number of hydrogen-bond donors (Lipinski definition) is 0. The molecule has 8 heteroatoms. The smallest absolute Gasteiger partial charge is 0.348 e. The third kappa shape index (κ3) is 2.46. The van der Waals surface area contributed by atoms with Crippen LogP contribution < -0.4 is 0 Å². The van der Waals surface area contributed by atoms with Crippen molar-refractivity contribution in [2.24, 2.45) is 5.92 Å². The van der Waals surface area contributed by atoms with Crippen LogP contribution in [-0.2, 0) is 33.4 Å². The lowest BCUT2D eigenvalue weighted by atomic mass is 9.80. The highest BCUT2D eigenvalue weighted by Crippen LogP contribution is 2.59. The molecule has 3 heterocycles. The van der Waals surface area contributed by atoms with Gasteiger partial charge in [-0.1, -0.05) is 0 Å². The van der Waals surface area contributed by atoms with E-state index in [2.05, 4.69) is 0 Å². The van der Waals surface area contributed by atoms with Crippen LogP contribution >= 0.6 is 0 Å². The zero-order chi connectivity index (χ0) is 19.5. The molecule has 3 rings (SSSR count). The maximum absolute atomic E-state index is 13.1. The second-order valence-electron chi connectivity index (χ2n) is 8.12. The molecule has 3 fully saturated rings. The van der Waals surface area contributed by atoms with Crippen LogP contribution in [0, 0.1) is 5.92 Å². The second kappa shape index (κ2) is 5.77. The Labute approximate surface area is 152 Å². The molecule has 0 radical (unpaired) electrons. The highest BCUT2D eigenvalue weighted by molar-refractivity contribution is 6.11. The number of piperidine rings is 1. The Balaban J connectivity index is 1.99. The molecule has 0 aromatic carbocycles. The van der Waals surface area contributed by atoms with Crippen LogP contribution in [0.15, 0.2) is 0 Å². The second-order valence-corrected chi connectivity index (χ2v) is 8.12. The fourth-order valence-electron chi connectivity index (χ4n) is 4.31. The Kier molecular flexibility index (Phi) is 4.18. The summed E-state index contributed by atoms with van der Waals surface area (Å²) in [7, 11) is 0. The van der Waals surface area contributed by atoms with E-state index in [0.29, 0.717) is 12.8 Å². The van der Waals surface area contributed by atoms with Crippen molar-refractivity contribution in [3.8, 4) is 0 Å². The van der Waals surface area contributed by atoms with Crippen molar-refractivity contribution in [1.29, 1.82) is 0 Å². The summed E-state index contributed by atoms with van der Waals surface area (Å²) in [6.45, 7) is 8.34. The van der Waals surface area contributed by atoms with Crippen molar-refractivity contribution >= 4 is 23.6 Å². The summed E-state index contributed by atoms with van der Waals surface area (Å²) in [5.74, 6) is -2.82. The highest BCUT2D eigenvalue weighted by Gasteiger charge is 2.78. The van der Waals surface area contributed by atoms with Crippen molar-refractivity contribution in [1.82, 2.24) is 4.90 Å². The maximum atomic E-state index is 13.1. The summed E-state index contributed by atoms with van der Waals surface area (Å²) in [5, 5.41) is 0. The van der Waals surface area contributed by atoms with E-state index in [-0.39, 0.29) is 18.8 Å². The van der Waals surface area contributed by atoms with Gasteiger partial charge in [0.05, 0.1) is 12.5 Å². The fraction of sp³-hybridized carbons (Fsp3) is 0.778. The SMILES string of the molecule is CCOC(=O)[C@]12C[C@H](C(C)=O)[C@@]3(CC[C@@H](C(=O)OC(C)(C)C)N3C1=O)O2. The van der Waals surface area contributed by atoms with Crippen LogP contribution in [0.2, 0.25) is 0 Å². The third-order valence-electron chi connectivity index (χ3n) is 5.22. The zero-order valence-electron chi connectivity index (χ0n) is 15.8. The molecule has 8 nitrogen and oxygen atoms in total. The van der Waals surface area contributed by atoms with Crippen LogP contribution in [0.4, 0.5) is 0 Å². The standard InChI is InChI=1S/C18H25NO7/c1-6-24-15(23)17-9-11(10(2)20)18(26-17)8-7-12(19(18)14(17)22)13(21)25-16(3,4)5/h11-12H,6-9H2,1-5H3/t11-,12+,17+,18-/m1/s1. The predicted molar refractivity (Wildman–Crippen MR) is 87.7 cm³/mol. The minimum atomic E-state index is -1.84. The molecule has 0 aromatic heterocycles. The summed E-state index contributed by atoms with van der Waals surface area (Å²) in [6, 6.07) is -0.875. The van der Waals surface area contributed by atoms with Crippen LogP contribution in [-0.4, -0.2) is 58.1 Å². The Hall–Kier alpha value is -1.96. The number of rotatable bonds is 4. The maximum Gasteiger partial charge on any atom is 0.348 e. The van der Waals surface area contributed by atoms with Gasteiger partial charge in [0.25, 0.3) is 5.91 Å². The van der Waals surface area contributed by atoms with E-state index in [9.17, 15) is 19.2 Å². The van der Waals surface area contributed by atoms with E-state index in [4.69, 9.17) is 14.2 Å². The summed E-state index contributed by atoms with van der Waals surface area (Å²) in [6.07, 6.45) is 0.578. The lowest BCUT2D eigenvalue weighted by Gasteiger charge is -2.38. The first kappa shape index (κ1) is 18.8. The molecule has 3 aliphatic rings. The van der Waals surface area contributed by atoms with Crippen molar-refractivity contribution < 1.29 is 33.4 Å². The van der Waals surface area contributed by atoms with Gasteiger partial charge in [0, 0.05) is 6.42 Å². The first-order chi connectivity index (χ1) is 12.0. The topological polar surface area (TPSA) is 99.2 Å². The first-order valence-corrected chi connectivity index (χ1v) is 8.93. The fourth-order valence-corrected chi connectivity index (χ4v) is 4.31. The number of amides is 1. The number of carbonyl (C=O) groups excluding carboxylic acids is 4. The third-order valence-corrected chi connectivity index (χ3v) is 5.22. The Morgan fingerprint density at radius 2 is 1.96 bits per heavy atom. The van der Waals surface area contributed by atoms with Crippen LogP contribution in [0.25, 0.3) is 0 Å². The van der Waals surface area contributed by atoms with E-state index in [0.717, 1.165) is 0 Å². The molecule has 2 bridgehead atoms. The number of fused-ring (bicyclic) bond motifs is 1. The molecule has 0 unspecified atom stereocenters. The van der Waals surface area contributed by atoms with Gasteiger partial charge in [-0.15, -0.1) is 0 Å². The van der Waals surface area contributed by atoms with Crippen LogP contribution in [0.1, 0.15) is 53.9 Å². The molecule has 26 heavy (non-hydrogen) atoms. The van der Waals surface area contributed by atoms with Crippen LogP contribution in [0.3, 0.4) is 0 Å². The number of ether oxygens (including phenoxy) is 3. The number of carbonyl (C=O) groups is 4. The monoisotopic (exact) mass is 367 g/mol. The summed E-state index contributed by atoms with van der Waals surface area (Å²) >= 11 is 0. The van der Waals surface area contributed by atoms with Gasteiger partial charge in [-0.05, 0) is 47.5 Å². The van der Waals surface area contributed by atoms with Gasteiger partial charge in [0.2, 0.25) is 5.60 Å². The number of nitrogens with zero attached hydrogens (tertiary/aromatic N) is 1. The molecule has 1 spiro atoms. The minimum absolute atomic E-state index is 0.0441. The normalized spacial score (nSPS) is 35.4. The number of Topliss-reactive ketones (excluding diaryl/α,β-unsaturated/α-hetero) is 1. The van der Waals surface area contributed by atoms with Crippen molar-refractivity contribution in [3.05, 3.63) is 0 Å². The van der Waals surface area contributed by atoms with E-state index in [1.165, 1.54) is 11.8 Å². The Bertz CT molecular complexity index is 682. The molecule has 144 valence electrons. The summed E-state index contributed by atoms with van der Waals surface area (Å²) < 4.78 is 16.4. The van der Waals surface area contributed by atoms with E-state index >= 15 is 0 Å². The molecular formula is C18H25NO7. The molecule has 0 N–H and O–H groups in total. The minimum Gasteiger partial charge on any atom is -0.463 e. The van der Waals surface area contributed by atoms with Crippen molar-refractivity contribution in [2.45, 2.75) is 76.9 Å². The van der Waals surface area contributed by atoms with Gasteiger partial charge in [-0.3, -0.25) is 14.5 Å². The quantitative estimate of drug-likeness (QED) is 0.539. The molecule has 1 amide bonds. The van der Waals surface area contributed by atoms with Crippen molar-refractivity contribution in [2.75, 3.05) is 6.61 Å². The zero-order valence-corrected chi connectivity index (χ0v) is 15.8. The average Bonchev–Trinajstić information content (AvgIpc) is 3.12. The molecular weight excluding hydrogens is 342 g/mol. The molecule has 4 atom stereocenters. The van der Waals surface area contributed by atoms with Gasteiger partial charge in [0.1, 0.15) is 17.4 Å². The Morgan fingerprint density at radius 1 is 1.31 bits per heavy atom. The van der Waals surface area contributed by atoms with Gasteiger partial charge >= 0.3 is 11.9 Å². The van der Waals surface area contributed by atoms with Crippen molar-refractivity contribution in [3.63, 3.8) is 0 Å². The first-order valence-electron chi connectivity index (χ1n) is 8.93. The van der Waals surface area contributed by atoms with E-state index in [1.807, 2.05) is 0 Å². The van der Waals surface area contributed by atoms with Gasteiger partial charge in [-0.25, -0.2) is 9.59 Å². The van der Waals surface area contributed by atoms with E-state index < -0.39 is 46.7 Å². The molecule has 0 aliphatic carbocycles. The molecule has 0 saturated carbocycles. The highest BCUT2D eigenvalue weighted by atomic mass is 16.6. The number of ketones is 1. The molecule has 0 aromatic rings. The van der Waals surface area contributed by atoms with Gasteiger partial charge in [0.15, 0.2) is 5.72 Å². The summed E-state index contributed by atoms with van der Waals surface area (Å²) in [5.41, 5.74) is -3.82. The van der Waals surface area contributed by atoms with Gasteiger partial charge < -0.3 is 14.2 Å². The molecule has 3 saturated heterocycles. The lowest BCUT2D eigenvalue weighted by Crippen LogP contribution is -2.59. The van der Waals surface area contributed by atoms with E-state index in [1.54, 1.807) is 27.7 Å². The predicted octanol–water partition coefficient (Wildman–Crippen LogP) is 0.956. The lowest BCUT2D eigenvalue weighted by molar-refractivity contribution is -0.172. The average molecular weight is 367 g/mol. The van der Waals surface area contributed by atoms with Crippen LogP contribution in [0.5, 0.6) is 0 Å². The number of esters is 2. The summed E-state index contributed by atoms with van der Waals surface area (Å²) in [4.78, 5) is 51.7. The van der Waals surface area contributed by atoms with Gasteiger partial charge in [-0.2, -0.15) is 0 Å². The Morgan fingerprint density at radius 3 is 2.50 bits per heavy atom. The number of hydrogen-bond acceptors (Lipinski definition) is 7. The largest absolute Gasteiger partial charge is 0.463 e. The molecule has 3 aliphatic heterocycles.